The second-order valence-corrected chi connectivity index (χ2v) is 4.05. The first-order valence-corrected chi connectivity index (χ1v) is 5.26. The van der Waals surface area contributed by atoms with Gasteiger partial charge in [0, 0.05) is 6.04 Å². The molecule has 0 aromatic rings. The molecule has 0 atom stereocenters. The standard InChI is InChI=1S/C10H13N2O3/c13-10-6-9(12(14)15)7-11(10)8-4-2-1-3-5-8/h8H,1-5,7H2. The molecule has 2 rings (SSSR count). The van der Waals surface area contributed by atoms with E-state index < -0.39 is 4.92 Å². The van der Waals surface area contributed by atoms with Crippen molar-refractivity contribution < 1.29 is 9.72 Å². The number of rotatable bonds is 2. The molecule has 0 saturated heterocycles. The molecule has 0 N–H and O–H groups in total. The van der Waals surface area contributed by atoms with Crippen LogP contribution in [-0.2, 0) is 4.79 Å². The lowest BCUT2D eigenvalue weighted by molar-refractivity contribution is -0.427. The van der Waals surface area contributed by atoms with Crippen LogP contribution in [0.1, 0.15) is 32.1 Å². The van der Waals surface area contributed by atoms with Crippen molar-refractivity contribution in [1.82, 2.24) is 4.90 Å². The molecule has 0 bridgehead atoms. The minimum absolute atomic E-state index is 0.0921. The summed E-state index contributed by atoms with van der Waals surface area (Å²) in [6.07, 6.45) is 7.68. The smallest absolute Gasteiger partial charge is 0.279 e. The number of carbonyl (C=O) groups is 1. The topological polar surface area (TPSA) is 63.4 Å². The van der Waals surface area contributed by atoms with Crippen molar-refractivity contribution >= 4 is 5.91 Å². The van der Waals surface area contributed by atoms with Crippen molar-refractivity contribution in [3.05, 3.63) is 21.9 Å². The zero-order valence-electron chi connectivity index (χ0n) is 8.44. The summed E-state index contributed by atoms with van der Waals surface area (Å²) < 4.78 is 0. The van der Waals surface area contributed by atoms with Crippen LogP contribution in [0, 0.1) is 16.2 Å². The highest BCUT2D eigenvalue weighted by Gasteiger charge is 2.34. The Balaban J connectivity index is 2.01. The van der Waals surface area contributed by atoms with Crippen LogP contribution in [0.5, 0.6) is 0 Å². The van der Waals surface area contributed by atoms with Crippen molar-refractivity contribution in [3.8, 4) is 0 Å². The number of hydrogen-bond acceptors (Lipinski definition) is 3. The molecule has 81 valence electrons. The molecule has 1 aliphatic heterocycles. The molecule has 1 fully saturated rings. The molecular formula is C10H13N2O3. The Labute approximate surface area is 87.9 Å². The highest BCUT2D eigenvalue weighted by atomic mass is 16.6. The van der Waals surface area contributed by atoms with Crippen LogP contribution in [0.2, 0.25) is 0 Å². The van der Waals surface area contributed by atoms with Gasteiger partial charge in [0.05, 0.1) is 4.92 Å². The average molecular weight is 209 g/mol. The fraction of sp³-hybridized carbons (Fsp3) is 0.700. The minimum Gasteiger partial charge on any atom is -0.325 e. The normalized spacial score (nSPS) is 23.1. The van der Waals surface area contributed by atoms with Gasteiger partial charge in [-0.25, -0.2) is 0 Å². The van der Waals surface area contributed by atoms with Crippen molar-refractivity contribution in [3.63, 3.8) is 0 Å². The molecule has 0 unspecified atom stereocenters. The number of carbonyl (C=O) groups excluding carboxylic acids is 1. The van der Waals surface area contributed by atoms with Crippen LogP contribution in [-0.4, -0.2) is 28.3 Å². The molecule has 1 radical (unpaired) electrons. The predicted octanol–water partition coefficient (Wildman–Crippen LogP) is 1.13. The number of nitrogens with zero attached hydrogens (tertiary/aromatic N) is 2. The molecule has 1 heterocycles. The summed E-state index contributed by atoms with van der Waals surface area (Å²) in [7, 11) is 0. The van der Waals surface area contributed by atoms with Crippen LogP contribution >= 0.6 is 0 Å². The van der Waals surface area contributed by atoms with Crippen LogP contribution in [0.4, 0.5) is 0 Å². The zero-order chi connectivity index (χ0) is 10.8. The van der Waals surface area contributed by atoms with Crippen LogP contribution in [0.3, 0.4) is 0 Å². The van der Waals surface area contributed by atoms with Crippen molar-refractivity contribution in [2.75, 3.05) is 6.54 Å². The molecule has 0 aromatic heterocycles. The van der Waals surface area contributed by atoms with Gasteiger partial charge >= 0.3 is 0 Å². The van der Waals surface area contributed by atoms with Gasteiger partial charge in [-0.2, -0.15) is 0 Å². The highest BCUT2D eigenvalue weighted by molar-refractivity contribution is 5.86. The minimum atomic E-state index is -0.513. The predicted molar refractivity (Wildman–Crippen MR) is 52.3 cm³/mol. The van der Waals surface area contributed by atoms with Gasteiger partial charge in [-0.3, -0.25) is 14.9 Å². The maximum atomic E-state index is 11.5. The summed E-state index contributed by atoms with van der Waals surface area (Å²) in [6, 6.07) is 0.191. The Bertz CT molecular complexity index is 319. The first kappa shape index (κ1) is 10.1. The van der Waals surface area contributed by atoms with E-state index >= 15 is 0 Å². The SMILES string of the molecule is O=C1[C]=C([N+](=O)[O-])CN1C1CCCCC1. The van der Waals surface area contributed by atoms with Crippen LogP contribution in [0.15, 0.2) is 5.70 Å². The molecule has 15 heavy (non-hydrogen) atoms. The molecule has 5 nitrogen and oxygen atoms in total. The molecule has 1 saturated carbocycles. The highest BCUT2D eigenvalue weighted by Crippen LogP contribution is 2.25. The average Bonchev–Trinajstić information content (AvgIpc) is 2.62. The Morgan fingerprint density at radius 3 is 2.53 bits per heavy atom. The maximum absolute atomic E-state index is 11.5. The van der Waals surface area contributed by atoms with E-state index in [-0.39, 0.29) is 24.2 Å². The molecule has 5 heteroatoms. The third kappa shape index (κ3) is 2.00. The van der Waals surface area contributed by atoms with Crippen LogP contribution in [0.25, 0.3) is 0 Å². The van der Waals surface area contributed by atoms with Gasteiger partial charge < -0.3 is 4.90 Å². The molecular weight excluding hydrogens is 196 g/mol. The fourth-order valence-electron chi connectivity index (χ4n) is 2.26. The van der Waals surface area contributed by atoms with E-state index in [1.165, 1.54) is 6.42 Å². The van der Waals surface area contributed by atoms with Gasteiger partial charge in [-0.05, 0) is 12.8 Å². The monoisotopic (exact) mass is 209 g/mol. The summed E-state index contributed by atoms with van der Waals surface area (Å²) in [5.74, 6) is -0.311. The summed E-state index contributed by atoms with van der Waals surface area (Å²) in [6.45, 7) is 0.135. The molecule has 1 amide bonds. The van der Waals surface area contributed by atoms with Gasteiger partial charge in [-0.15, -0.1) is 0 Å². The maximum Gasteiger partial charge on any atom is 0.279 e. The van der Waals surface area contributed by atoms with Gasteiger partial charge in [0.2, 0.25) is 0 Å². The first-order valence-electron chi connectivity index (χ1n) is 5.26. The van der Waals surface area contributed by atoms with E-state index in [9.17, 15) is 14.9 Å². The summed E-state index contributed by atoms with van der Waals surface area (Å²) in [5.41, 5.74) is -0.0921. The lowest BCUT2D eigenvalue weighted by Crippen LogP contribution is -2.38. The fourth-order valence-corrected chi connectivity index (χ4v) is 2.26. The van der Waals surface area contributed by atoms with Crippen molar-refractivity contribution in [2.45, 2.75) is 38.1 Å². The van der Waals surface area contributed by atoms with E-state index in [0.29, 0.717) is 0 Å². The molecule has 0 aromatic carbocycles. The van der Waals surface area contributed by atoms with E-state index in [1.807, 2.05) is 0 Å². The second-order valence-electron chi connectivity index (χ2n) is 4.05. The number of hydrogen-bond donors (Lipinski definition) is 0. The third-order valence-electron chi connectivity index (χ3n) is 3.07. The largest absolute Gasteiger partial charge is 0.325 e. The molecule has 1 aliphatic carbocycles. The molecule has 2 aliphatic rings. The Morgan fingerprint density at radius 1 is 1.33 bits per heavy atom. The van der Waals surface area contributed by atoms with Crippen LogP contribution < -0.4 is 0 Å². The summed E-state index contributed by atoms with van der Waals surface area (Å²) in [5, 5.41) is 10.5. The lowest BCUT2D eigenvalue weighted by atomic mass is 9.94. The lowest BCUT2D eigenvalue weighted by Gasteiger charge is -2.30. The van der Waals surface area contributed by atoms with Gasteiger partial charge in [0.15, 0.2) is 0 Å². The van der Waals surface area contributed by atoms with E-state index in [1.54, 1.807) is 4.90 Å². The Kier molecular flexibility index (Phi) is 2.70. The first-order chi connectivity index (χ1) is 7.18. The Morgan fingerprint density at radius 2 is 2.00 bits per heavy atom. The van der Waals surface area contributed by atoms with E-state index in [2.05, 4.69) is 6.08 Å². The summed E-state index contributed by atoms with van der Waals surface area (Å²) >= 11 is 0. The summed E-state index contributed by atoms with van der Waals surface area (Å²) in [4.78, 5) is 23.1. The third-order valence-corrected chi connectivity index (χ3v) is 3.07. The van der Waals surface area contributed by atoms with Gasteiger partial charge in [0.1, 0.15) is 12.6 Å². The second kappa shape index (κ2) is 4.00. The molecule has 0 spiro atoms. The number of amides is 1. The van der Waals surface area contributed by atoms with Gasteiger partial charge in [0.25, 0.3) is 11.6 Å². The van der Waals surface area contributed by atoms with Crippen molar-refractivity contribution in [2.24, 2.45) is 0 Å². The Hall–Kier alpha value is -1.39. The van der Waals surface area contributed by atoms with Gasteiger partial charge in [-0.1, -0.05) is 19.3 Å². The van der Waals surface area contributed by atoms with E-state index in [4.69, 9.17) is 0 Å². The van der Waals surface area contributed by atoms with E-state index in [0.717, 1.165) is 25.7 Å². The van der Waals surface area contributed by atoms with Crippen molar-refractivity contribution in [1.29, 1.82) is 0 Å². The zero-order valence-corrected chi connectivity index (χ0v) is 8.44. The number of nitro groups is 1. The quantitative estimate of drug-likeness (QED) is 0.505.